The van der Waals surface area contributed by atoms with Crippen molar-refractivity contribution in [1.29, 1.82) is 0 Å². The Hall–Kier alpha value is -1.46. The molecule has 1 aromatic carbocycles. The van der Waals surface area contributed by atoms with E-state index in [4.69, 9.17) is 0 Å². The van der Waals surface area contributed by atoms with Gasteiger partial charge in [-0.25, -0.2) is 0 Å². The molecule has 1 aliphatic rings. The fraction of sp³-hybridized carbons (Fsp3) is 0.600. The summed E-state index contributed by atoms with van der Waals surface area (Å²) in [4.78, 5) is 10.6. The van der Waals surface area contributed by atoms with Crippen LogP contribution in [0.5, 0.6) is 0 Å². The highest BCUT2D eigenvalue weighted by Crippen LogP contribution is 2.31. The van der Waals surface area contributed by atoms with E-state index in [1.807, 2.05) is 0 Å². The Labute approximate surface area is 119 Å². The number of nitrogens with zero attached hydrogens (tertiary/aromatic N) is 1. The molecule has 0 amide bonds. The van der Waals surface area contributed by atoms with E-state index in [0.29, 0.717) is 24.6 Å². The zero-order valence-corrected chi connectivity index (χ0v) is 11.8. The van der Waals surface area contributed by atoms with Crippen molar-refractivity contribution in [3.8, 4) is 0 Å². The minimum atomic E-state index is -0.665. The van der Waals surface area contributed by atoms with Gasteiger partial charge in [-0.1, -0.05) is 38.0 Å². The second kappa shape index (κ2) is 6.33. The van der Waals surface area contributed by atoms with Gasteiger partial charge in [-0.3, -0.25) is 10.1 Å². The lowest BCUT2D eigenvalue weighted by molar-refractivity contribution is -0.385. The van der Waals surface area contributed by atoms with E-state index in [2.05, 4.69) is 12.2 Å². The number of nitro groups is 1. The highest BCUT2D eigenvalue weighted by molar-refractivity contribution is 5.39. The molecule has 2 unspecified atom stereocenters. The third-order valence-electron chi connectivity index (χ3n) is 4.03. The number of benzene rings is 1. The maximum atomic E-state index is 10.9. The molecule has 0 radical (unpaired) electrons. The molecule has 0 heterocycles. The average Bonchev–Trinajstić information content (AvgIpc) is 2.38. The van der Waals surface area contributed by atoms with Gasteiger partial charge >= 0.3 is 0 Å². The normalized spacial score (nSPS) is 26.4. The summed E-state index contributed by atoms with van der Waals surface area (Å²) in [5.41, 5.74) is 0.121. The number of hydrogen-bond donors (Lipinski definition) is 2. The average molecular weight is 278 g/mol. The fourth-order valence-electron chi connectivity index (χ4n) is 3.06. The first-order valence-electron chi connectivity index (χ1n) is 7.15. The summed E-state index contributed by atoms with van der Waals surface area (Å²) in [6.45, 7) is 3.06. The number of hydrogen-bond acceptors (Lipinski definition) is 4. The minimum Gasteiger partial charge on any atom is -0.389 e. The molecule has 0 aliphatic heterocycles. The van der Waals surface area contributed by atoms with Crippen molar-refractivity contribution in [2.24, 2.45) is 5.92 Å². The monoisotopic (exact) mass is 278 g/mol. The summed E-state index contributed by atoms with van der Waals surface area (Å²) in [7, 11) is 0. The van der Waals surface area contributed by atoms with E-state index < -0.39 is 5.60 Å². The summed E-state index contributed by atoms with van der Waals surface area (Å²) in [5.74, 6) is 0.543. The topological polar surface area (TPSA) is 75.4 Å². The van der Waals surface area contributed by atoms with Crippen molar-refractivity contribution in [2.75, 3.05) is 6.54 Å². The Morgan fingerprint density at radius 1 is 1.50 bits per heavy atom. The van der Waals surface area contributed by atoms with Gasteiger partial charge in [-0.15, -0.1) is 0 Å². The highest BCUT2D eigenvalue weighted by Gasteiger charge is 2.32. The Morgan fingerprint density at radius 2 is 2.25 bits per heavy atom. The van der Waals surface area contributed by atoms with Gasteiger partial charge in [-0.05, 0) is 18.8 Å². The van der Waals surface area contributed by atoms with Crippen LogP contribution in [0, 0.1) is 16.0 Å². The van der Waals surface area contributed by atoms with E-state index in [1.54, 1.807) is 18.2 Å². The van der Waals surface area contributed by atoms with Gasteiger partial charge in [0.2, 0.25) is 0 Å². The SMILES string of the molecule is CC1CCCC(O)(CNCc2ccccc2[N+](=O)[O-])C1. The minimum absolute atomic E-state index is 0.129. The Kier molecular flexibility index (Phi) is 4.73. The molecule has 2 rings (SSSR count). The standard InChI is InChI=1S/C15H22N2O3/c1-12-5-4-8-15(18,9-12)11-16-10-13-6-2-3-7-14(13)17(19)20/h2-3,6-7,12,16,18H,4-5,8-11H2,1H3. The number of rotatable bonds is 5. The van der Waals surface area contributed by atoms with Gasteiger partial charge < -0.3 is 10.4 Å². The second-order valence-electron chi connectivity index (χ2n) is 5.92. The number of para-hydroxylation sites is 1. The molecule has 0 bridgehead atoms. The van der Waals surface area contributed by atoms with Crippen molar-refractivity contribution in [2.45, 2.75) is 44.8 Å². The zero-order chi connectivity index (χ0) is 14.6. The molecular weight excluding hydrogens is 256 g/mol. The van der Waals surface area contributed by atoms with Crippen molar-refractivity contribution in [1.82, 2.24) is 5.32 Å². The fourth-order valence-corrected chi connectivity index (χ4v) is 3.06. The molecule has 2 atom stereocenters. The van der Waals surface area contributed by atoms with Crippen molar-refractivity contribution in [3.63, 3.8) is 0 Å². The Bertz CT molecular complexity index is 478. The molecule has 1 aliphatic carbocycles. The first kappa shape index (κ1) is 14.9. The maximum Gasteiger partial charge on any atom is 0.273 e. The molecule has 1 aromatic rings. The maximum absolute atomic E-state index is 10.9. The Morgan fingerprint density at radius 3 is 2.95 bits per heavy atom. The van der Waals surface area contributed by atoms with Crippen molar-refractivity contribution in [3.05, 3.63) is 39.9 Å². The lowest BCUT2D eigenvalue weighted by Gasteiger charge is -2.35. The van der Waals surface area contributed by atoms with Crippen LogP contribution in [0.4, 0.5) is 5.69 Å². The van der Waals surface area contributed by atoms with Crippen molar-refractivity contribution < 1.29 is 10.0 Å². The van der Waals surface area contributed by atoms with E-state index in [9.17, 15) is 15.2 Å². The van der Waals surface area contributed by atoms with Gasteiger partial charge in [0.1, 0.15) is 0 Å². The van der Waals surface area contributed by atoms with E-state index in [0.717, 1.165) is 19.3 Å². The van der Waals surface area contributed by atoms with Crippen LogP contribution in [-0.4, -0.2) is 22.2 Å². The second-order valence-corrected chi connectivity index (χ2v) is 5.92. The van der Waals surface area contributed by atoms with Gasteiger partial charge in [0.05, 0.1) is 10.5 Å². The summed E-state index contributed by atoms with van der Waals surface area (Å²) in [5, 5.41) is 24.6. The van der Waals surface area contributed by atoms with Crippen LogP contribution < -0.4 is 5.32 Å². The van der Waals surface area contributed by atoms with E-state index in [-0.39, 0.29) is 10.6 Å². The highest BCUT2D eigenvalue weighted by atomic mass is 16.6. The summed E-state index contributed by atoms with van der Waals surface area (Å²) >= 11 is 0. The summed E-state index contributed by atoms with van der Waals surface area (Å²) in [6, 6.07) is 6.71. The van der Waals surface area contributed by atoms with Crippen molar-refractivity contribution >= 4 is 5.69 Å². The summed E-state index contributed by atoms with van der Waals surface area (Å²) < 4.78 is 0. The smallest absolute Gasteiger partial charge is 0.273 e. The molecule has 0 saturated heterocycles. The molecule has 5 heteroatoms. The van der Waals surface area contributed by atoms with Crippen LogP contribution in [0.3, 0.4) is 0 Å². The number of nitrogens with one attached hydrogen (secondary N) is 1. The van der Waals surface area contributed by atoms with Crippen LogP contribution in [0.25, 0.3) is 0 Å². The number of nitro benzene ring substituents is 1. The first-order chi connectivity index (χ1) is 9.50. The molecule has 1 fully saturated rings. The molecule has 0 aromatic heterocycles. The lowest BCUT2D eigenvalue weighted by atomic mass is 9.79. The Balaban J connectivity index is 1.91. The predicted octanol–water partition coefficient (Wildman–Crippen LogP) is 2.63. The third-order valence-corrected chi connectivity index (χ3v) is 4.03. The molecule has 2 N–H and O–H groups in total. The first-order valence-corrected chi connectivity index (χ1v) is 7.15. The van der Waals surface area contributed by atoms with Gasteiger partial charge in [-0.2, -0.15) is 0 Å². The molecule has 110 valence electrons. The number of aliphatic hydroxyl groups is 1. The van der Waals surface area contributed by atoms with Gasteiger partial charge in [0.15, 0.2) is 0 Å². The predicted molar refractivity (Wildman–Crippen MR) is 77.4 cm³/mol. The van der Waals surface area contributed by atoms with E-state index in [1.165, 1.54) is 12.5 Å². The van der Waals surface area contributed by atoms with Crippen LogP contribution in [0.2, 0.25) is 0 Å². The molecule has 5 nitrogen and oxygen atoms in total. The molecular formula is C15H22N2O3. The molecule has 1 saturated carbocycles. The molecule has 0 spiro atoms. The van der Waals surface area contributed by atoms with Gasteiger partial charge in [0, 0.05) is 24.7 Å². The van der Waals surface area contributed by atoms with Crippen LogP contribution in [0.15, 0.2) is 24.3 Å². The zero-order valence-electron chi connectivity index (χ0n) is 11.8. The van der Waals surface area contributed by atoms with Crippen LogP contribution in [0.1, 0.15) is 38.2 Å². The van der Waals surface area contributed by atoms with E-state index >= 15 is 0 Å². The summed E-state index contributed by atoms with van der Waals surface area (Å²) in [6.07, 6.45) is 3.83. The van der Waals surface area contributed by atoms with Gasteiger partial charge in [0.25, 0.3) is 5.69 Å². The van der Waals surface area contributed by atoms with Crippen LogP contribution in [-0.2, 0) is 6.54 Å². The van der Waals surface area contributed by atoms with Crippen LogP contribution >= 0.6 is 0 Å². The third kappa shape index (κ3) is 3.77. The largest absolute Gasteiger partial charge is 0.389 e. The lowest BCUT2D eigenvalue weighted by Crippen LogP contribution is -2.43. The molecule has 20 heavy (non-hydrogen) atoms. The quantitative estimate of drug-likeness (QED) is 0.641.